The average Bonchev–Trinajstić information content (AvgIpc) is 2.69. The Labute approximate surface area is 150 Å². The van der Waals surface area contributed by atoms with E-state index in [4.69, 9.17) is 4.74 Å². The quantitative estimate of drug-likeness (QED) is 0.405. The van der Waals surface area contributed by atoms with Gasteiger partial charge in [0.1, 0.15) is 0 Å². The van der Waals surface area contributed by atoms with Gasteiger partial charge in [0.15, 0.2) is 5.75 Å². The minimum absolute atomic E-state index is 0.103. The number of nitro groups is 1. The highest BCUT2D eigenvalue weighted by atomic mass is 16.6. The molecule has 0 saturated carbocycles. The van der Waals surface area contributed by atoms with E-state index in [-0.39, 0.29) is 11.4 Å². The van der Waals surface area contributed by atoms with Gasteiger partial charge < -0.3 is 4.74 Å². The van der Waals surface area contributed by atoms with Crippen LogP contribution < -0.4 is 10.2 Å². The number of nitrogens with zero attached hydrogens (tertiary/aromatic N) is 2. The van der Waals surface area contributed by atoms with Crippen LogP contribution in [0.5, 0.6) is 5.75 Å². The van der Waals surface area contributed by atoms with E-state index in [0.717, 1.165) is 11.3 Å². The summed E-state index contributed by atoms with van der Waals surface area (Å²) in [5.74, 6) is 0.210. The second kappa shape index (κ2) is 7.94. The van der Waals surface area contributed by atoms with E-state index in [1.54, 1.807) is 12.1 Å². The summed E-state index contributed by atoms with van der Waals surface area (Å²) in [6.07, 6.45) is 0. The third-order valence-corrected chi connectivity index (χ3v) is 3.77. The third-order valence-electron chi connectivity index (χ3n) is 3.77. The molecule has 0 bridgehead atoms. The van der Waals surface area contributed by atoms with Crippen molar-refractivity contribution < 1.29 is 9.66 Å². The molecule has 26 heavy (non-hydrogen) atoms. The predicted molar refractivity (Wildman–Crippen MR) is 102 cm³/mol. The first kappa shape index (κ1) is 17.2. The van der Waals surface area contributed by atoms with E-state index in [1.165, 1.54) is 13.2 Å². The molecule has 6 nitrogen and oxygen atoms in total. The van der Waals surface area contributed by atoms with Crippen molar-refractivity contribution in [1.82, 2.24) is 0 Å². The molecule has 0 amide bonds. The van der Waals surface area contributed by atoms with E-state index in [1.807, 2.05) is 60.7 Å². The lowest BCUT2D eigenvalue weighted by molar-refractivity contribution is -0.385. The molecule has 0 atom stereocenters. The van der Waals surface area contributed by atoms with Crippen molar-refractivity contribution in [1.29, 1.82) is 0 Å². The second-order valence-electron chi connectivity index (χ2n) is 5.45. The predicted octanol–water partition coefficient (Wildman–Crippen LogP) is 4.47. The lowest BCUT2D eigenvalue weighted by Gasteiger charge is -2.10. The molecule has 0 unspecified atom stereocenters. The number of nitro benzene ring substituents is 1. The number of rotatable bonds is 6. The molecule has 0 aliphatic heterocycles. The number of para-hydroxylation sites is 1. The van der Waals surface area contributed by atoms with Gasteiger partial charge in [-0.15, -0.1) is 0 Å². The van der Waals surface area contributed by atoms with Gasteiger partial charge in [-0.3, -0.25) is 15.5 Å². The van der Waals surface area contributed by atoms with Gasteiger partial charge in [-0.1, -0.05) is 48.5 Å². The molecule has 0 fully saturated rings. The number of anilines is 1. The first-order valence-corrected chi connectivity index (χ1v) is 7.96. The summed E-state index contributed by atoms with van der Waals surface area (Å²) < 4.78 is 5.08. The maximum Gasteiger partial charge on any atom is 0.311 e. The van der Waals surface area contributed by atoms with Crippen molar-refractivity contribution in [3.63, 3.8) is 0 Å². The summed E-state index contributed by atoms with van der Waals surface area (Å²) >= 11 is 0. The molecule has 130 valence electrons. The van der Waals surface area contributed by atoms with Gasteiger partial charge in [0.25, 0.3) is 0 Å². The SMILES string of the molecule is COc1ccc(/C(=N\Nc2ccccc2)c2ccccc2)cc1[N+](=O)[O-]. The van der Waals surface area contributed by atoms with Crippen LogP contribution in [0.2, 0.25) is 0 Å². The van der Waals surface area contributed by atoms with Crippen LogP contribution in [0.4, 0.5) is 11.4 Å². The van der Waals surface area contributed by atoms with Gasteiger partial charge in [-0.05, 0) is 24.3 Å². The largest absolute Gasteiger partial charge is 0.490 e. The van der Waals surface area contributed by atoms with E-state index < -0.39 is 4.92 Å². The van der Waals surface area contributed by atoms with Gasteiger partial charge in [0.2, 0.25) is 0 Å². The zero-order valence-corrected chi connectivity index (χ0v) is 14.1. The van der Waals surface area contributed by atoms with Crippen molar-refractivity contribution in [2.75, 3.05) is 12.5 Å². The molecule has 3 rings (SSSR count). The molecule has 0 aliphatic carbocycles. The fraction of sp³-hybridized carbons (Fsp3) is 0.0500. The Balaban J connectivity index is 2.06. The Kier molecular flexibility index (Phi) is 5.24. The van der Waals surface area contributed by atoms with Gasteiger partial charge in [-0.2, -0.15) is 5.10 Å². The summed E-state index contributed by atoms with van der Waals surface area (Å²) in [5, 5.41) is 15.8. The molecule has 6 heteroatoms. The zero-order valence-electron chi connectivity index (χ0n) is 14.1. The van der Waals surface area contributed by atoms with Crippen LogP contribution in [-0.4, -0.2) is 17.7 Å². The fourth-order valence-corrected chi connectivity index (χ4v) is 2.50. The highest BCUT2D eigenvalue weighted by Crippen LogP contribution is 2.28. The Morgan fingerprint density at radius 1 is 0.962 bits per heavy atom. The van der Waals surface area contributed by atoms with Gasteiger partial charge >= 0.3 is 5.69 Å². The van der Waals surface area contributed by atoms with Gasteiger partial charge in [-0.25, -0.2) is 0 Å². The molecule has 0 saturated heterocycles. The normalized spacial score (nSPS) is 11.0. The molecular formula is C20H17N3O3. The van der Waals surface area contributed by atoms with Crippen LogP contribution in [0.1, 0.15) is 11.1 Å². The van der Waals surface area contributed by atoms with Crippen molar-refractivity contribution in [2.45, 2.75) is 0 Å². The molecule has 1 N–H and O–H groups in total. The molecule has 0 aliphatic rings. The minimum Gasteiger partial charge on any atom is -0.490 e. The number of methoxy groups -OCH3 is 1. The monoisotopic (exact) mass is 347 g/mol. The van der Waals surface area contributed by atoms with E-state index in [9.17, 15) is 10.1 Å². The molecule has 3 aromatic carbocycles. The molecule has 0 radical (unpaired) electrons. The number of benzene rings is 3. The second-order valence-corrected chi connectivity index (χ2v) is 5.45. The Hall–Kier alpha value is -3.67. The van der Waals surface area contributed by atoms with E-state index in [2.05, 4.69) is 10.5 Å². The topological polar surface area (TPSA) is 76.8 Å². The third kappa shape index (κ3) is 3.87. The maximum absolute atomic E-state index is 11.3. The van der Waals surface area contributed by atoms with Crippen molar-refractivity contribution in [3.05, 3.63) is 100 Å². The lowest BCUT2D eigenvalue weighted by atomic mass is 10.0. The van der Waals surface area contributed by atoms with Crippen LogP contribution in [0.15, 0.2) is 84.0 Å². The highest BCUT2D eigenvalue weighted by Gasteiger charge is 2.18. The molecule has 0 spiro atoms. The van der Waals surface area contributed by atoms with Crippen molar-refractivity contribution in [3.8, 4) is 5.75 Å². The van der Waals surface area contributed by atoms with Crippen molar-refractivity contribution >= 4 is 17.1 Å². The van der Waals surface area contributed by atoms with Crippen molar-refractivity contribution in [2.24, 2.45) is 5.10 Å². The number of hydrogen-bond donors (Lipinski definition) is 1. The number of hydrogen-bond acceptors (Lipinski definition) is 5. The van der Waals surface area contributed by atoms with Crippen LogP contribution >= 0.6 is 0 Å². The lowest BCUT2D eigenvalue weighted by Crippen LogP contribution is -2.07. The van der Waals surface area contributed by atoms with Gasteiger partial charge in [0.05, 0.1) is 23.4 Å². The van der Waals surface area contributed by atoms with E-state index >= 15 is 0 Å². The number of hydrazone groups is 1. The van der Waals surface area contributed by atoms with Crippen LogP contribution in [-0.2, 0) is 0 Å². The van der Waals surface area contributed by atoms with E-state index in [0.29, 0.717) is 11.3 Å². The van der Waals surface area contributed by atoms with Crippen LogP contribution in [0.3, 0.4) is 0 Å². The first-order valence-electron chi connectivity index (χ1n) is 7.96. The highest BCUT2D eigenvalue weighted by molar-refractivity contribution is 6.13. The summed E-state index contributed by atoms with van der Waals surface area (Å²) in [6.45, 7) is 0. The molecule has 0 heterocycles. The summed E-state index contributed by atoms with van der Waals surface area (Å²) in [7, 11) is 1.41. The summed E-state index contributed by atoms with van der Waals surface area (Å²) in [6, 6.07) is 23.8. The van der Waals surface area contributed by atoms with Crippen LogP contribution in [0, 0.1) is 10.1 Å². The Morgan fingerprint density at radius 3 is 2.23 bits per heavy atom. The van der Waals surface area contributed by atoms with Crippen LogP contribution in [0.25, 0.3) is 0 Å². The van der Waals surface area contributed by atoms with Gasteiger partial charge in [0, 0.05) is 17.2 Å². The standard InChI is InChI=1S/C20H17N3O3/c1-26-19-13-12-16(14-18(19)23(24)25)20(15-8-4-2-5-9-15)22-21-17-10-6-3-7-11-17/h2-14,21H,1H3/b22-20-. The smallest absolute Gasteiger partial charge is 0.311 e. The zero-order chi connectivity index (χ0) is 18.4. The molecule has 0 aromatic heterocycles. The average molecular weight is 347 g/mol. The number of nitrogens with one attached hydrogen (secondary N) is 1. The molecule has 3 aromatic rings. The number of ether oxygens (including phenoxy) is 1. The minimum atomic E-state index is -0.463. The fourth-order valence-electron chi connectivity index (χ4n) is 2.50. The summed E-state index contributed by atoms with van der Waals surface area (Å²) in [5.41, 5.74) is 5.78. The Bertz CT molecular complexity index is 926. The maximum atomic E-state index is 11.3. The summed E-state index contributed by atoms with van der Waals surface area (Å²) in [4.78, 5) is 10.9. The molecular weight excluding hydrogens is 330 g/mol. The first-order chi connectivity index (χ1) is 12.7. The Morgan fingerprint density at radius 2 is 1.62 bits per heavy atom.